The summed E-state index contributed by atoms with van der Waals surface area (Å²) in [7, 11) is 1.61. The highest BCUT2D eigenvalue weighted by Crippen LogP contribution is 2.46. The Hall–Kier alpha value is -0.260. The molecule has 0 aromatic carbocycles. The molecule has 4 nitrogen and oxygen atoms in total. The maximum Gasteiger partial charge on any atom is 0.237 e. The Labute approximate surface area is 95.3 Å². The van der Waals surface area contributed by atoms with Crippen molar-refractivity contribution in [3.8, 4) is 0 Å². The predicted octanol–water partition coefficient (Wildman–Crippen LogP) is 0.362. The fourth-order valence-corrected chi connectivity index (χ4v) is 2.07. The van der Waals surface area contributed by atoms with Crippen LogP contribution < -0.4 is 11.1 Å². The molecule has 0 spiro atoms. The lowest BCUT2D eigenvalue weighted by molar-refractivity contribution is -0.122. The van der Waals surface area contributed by atoms with Gasteiger partial charge in [-0.05, 0) is 25.5 Å². The van der Waals surface area contributed by atoms with E-state index in [2.05, 4.69) is 11.6 Å². The Kier molecular flexibility index (Phi) is 4.89. The van der Waals surface area contributed by atoms with Gasteiger partial charge in [0.2, 0.25) is 5.91 Å². The fourth-order valence-electron chi connectivity index (χ4n) is 1.35. The summed E-state index contributed by atoms with van der Waals surface area (Å²) < 4.78 is 5.18. The molecule has 5 heteroatoms. The van der Waals surface area contributed by atoms with E-state index in [-0.39, 0.29) is 5.91 Å². The summed E-state index contributed by atoms with van der Waals surface area (Å²) >= 11 is 1.83. The number of hydrogen-bond donors (Lipinski definition) is 2. The number of amides is 1. The van der Waals surface area contributed by atoms with Crippen molar-refractivity contribution >= 4 is 17.7 Å². The zero-order chi connectivity index (χ0) is 11.3. The molecule has 0 aromatic heterocycles. The number of hydrogen-bond acceptors (Lipinski definition) is 4. The van der Waals surface area contributed by atoms with Crippen molar-refractivity contribution in [2.45, 2.75) is 30.1 Å². The van der Waals surface area contributed by atoms with Crippen LogP contribution in [0.2, 0.25) is 0 Å². The summed E-state index contributed by atoms with van der Waals surface area (Å²) in [4.78, 5) is 11.5. The first kappa shape index (κ1) is 12.8. The number of ether oxygens (including phenoxy) is 1. The first-order valence-electron chi connectivity index (χ1n) is 5.21. The Balaban J connectivity index is 2.17. The quantitative estimate of drug-likeness (QED) is 0.665. The van der Waals surface area contributed by atoms with Gasteiger partial charge in [-0.1, -0.05) is 0 Å². The summed E-state index contributed by atoms with van der Waals surface area (Å²) in [6, 6.07) is -0.442. The van der Waals surface area contributed by atoms with Crippen molar-refractivity contribution in [3.63, 3.8) is 0 Å². The lowest BCUT2D eigenvalue weighted by Gasteiger charge is -2.16. The molecule has 1 rings (SSSR count). The van der Waals surface area contributed by atoms with Gasteiger partial charge in [-0.25, -0.2) is 0 Å². The fraction of sp³-hybridized carbons (Fsp3) is 0.900. The van der Waals surface area contributed by atoms with Crippen molar-refractivity contribution in [3.05, 3.63) is 0 Å². The smallest absolute Gasteiger partial charge is 0.237 e. The normalized spacial score (nSPS) is 19.7. The summed E-state index contributed by atoms with van der Waals surface area (Å²) in [6.45, 7) is 1.27. The third-order valence-electron chi connectivity index (χ3n) is 2.80. The molecule has 15 heavy (non-hydrogen) atoms. The molecule has 1 aliphatic carbocycles. The molecule has 1 unspecified atom stereocenters. The zero-order valence-corrected chi connectivity index (χ0v) is 10.2. The van der Waals surface area contributed by atoms with Crippen LogP contribution in [0.4, 0.5) is 0 Å². The molecule has 0 aromatic rings. The molecule has 3 N–H and O–H groups in total. The zero-order valence-electron chi connectivity index (χ0n) is 9.41. The molecule has 0 aliphatic heterocycles. The van der Waals surface area contributed by atoms with Crippen molar-refractivity contribution in [1.29, 1.82) is 0 Å². The molecule has 1 saturated carbocycles. The van der Waals surface area contributed by atoms with Gasteiger partial charge in [-0.3, -0.25) is 4.79 Å². The van der Waals surface area contributed by atoms with E-state index in [1.54, 1.807) is 7.11 Å². The third kappa shape index (κ3) is 4.01. The van der Waals surface area contributed by atoms with E-state index >= 15 is 0 Å². The van der Waals surface area contributed by atoms with Crippen LogP contribution >= 0.6 is 11.8 Å². The Morgan fingerprint density at radius 1 is 1.67 bits per heavy atom. The topological polar surface area (TPSA) is 64.3 Å². The van der Waals surface area contributed by atoms with Crippen LogP contribution in [0.25, 0.3) is 0 Å². The maximum absolute atomic E-state index is 11.5. The van der Waals surface area contributed by atoms with Gasteiger partial charge in [-0.15, -0.1) is 0 Å². The molecule has 1 amide bonds. The minimum absolute atomic E-state index is 0.0626. The SMILES string of the molecule is COCCC(N)C(=O)NCC1(SC)CC1. The number of methoxy groups -OCH3 is 1. The van der Waals surface area contributed by atoms with Gasteiger partial charge in [-0.2, -0.15) is 11.8 Å². The highest BCUT2D eigenvalue weighted by molar-refractivity contribution is 8.00. The largest absolute Gasteiger partial charge is 0.385 e. The molecule has 1 aliphatic rings. The van der Waals surface area contributed by atoms with E-state index in [9.17, 15) is 4.79 Å². The van der Waals surface area contributed by atoms with Crippen molar-refractivity contribution in [2.24, 2.45) is 5.73 Å². The molecule has 0 radical (unpaired) electrons. The van der Waals surface area contributed by atoms with Gasteiger partial charge in [0, 0.05) is 25.0 Å². The van der Waals surface area contributed by atoms with Crippen LogP contribution in [0.1, 0.15) is 19.3 Å². The van der Waals surface area contributed by atoms with Crippen LogP contribution in [0.15, 0.2) is 0 Å². The molecule has 0 saturated heterocycles. The summed E-state index contributed by atoms with van der Waals surface area (Å²) in [5.41, 5.74) is 5.70. The molecule has 88 valence electrons. The molecular weight excluding hydrogens is 212 g/mol. The van der Waals surface area contributed by atoms with Crippen molar-refractivity contribution < 1.29 is 9.53 Å². The van der Waals surface area contributed by atoms with E-state index in [1.165, 1.54) is 12.8 Å². The van der Waals surface area contributed by atoms with Crippen LogP contribution in [0.5, 0.6) is 0 Å². The van der Waals surface area contributed by atoms with Crippen molar-refractivity contribution in [1.82, 2.24) is 5.32 Å². The molecule has 1 atom stereocenters. The summed E-state index contributed by atoms with van der Waals surface area (Å²) in [6.07, 6.45) is 5.06. The highest BCUT2D eigenvalue weighted by atomic mass is 32.2. The van der Waals surface area contributed by atoms with Gasteiger partial charge >= 0.3 is 0 Å². The number of rotatable bonds is 7. The maximum atomic E-state index is 11.5. The van der Waals surface area contributed by atoms with Crippen LogP contribution in [0, 0.1) is 0 Å². The average molecular weight is 232 g/mol. The van der Waals surface area contributed by atoms with Gasteiger partial charge in [0.15, 0.2) is 0 Å². The lowest BCUT2D eigenvalue weighted by Crippen LogP contribution is -2.43. The van der Waals surface area contributed by atoms with E-state index in [1.807, 2.05) is 11.8 Å². The van der Waals surface area contributed by atoms with Gasteiger partial charge in [0.05, 0.1) is 6.04 Å². The summed E-state index contributed by atoms with van der Waals surface area (Å²) in [5.74, 6) is -0.0626. The number of carbonyl (C=O) groups excluding carboxylic acids is 1. The summed E-state index contributed by atoms with van der Waals surface area (Å²) in [5, 5.41) is 2.90. The molecule has 0 heterocycles. The lowest BCUT2D eigenvalue weighted by atomic mass is 10.2. The Morgan fingerprint density at radius 2 is 2.33 bits per heavy atom. The van der Waals surface area contributed by atoms with Gasteiger partial charge in [0.1, 0.15) is 0 Å². The molecule has 1 fully saturated rings. The second-order valence-corrected chi connectivity index (χ2v) is 5.27. The van der Waals surface area contributed by atoms with Crippen LogP contribution in [0.3, 0.4) is 0 Å². The third-order valence-corrected chi connectivity index (χ3v) is 4.21. The van der Waals surface area contributed by atoms with E-state index in [0.717, 1.165) is 6.54 Å². The second kappa shape index (κ2) is 5.72. The molecular formula is C10H20N2O2S. The van der Waals surface area contributed by atoms with E-state index in [0.29, 0.717) is 17.8 Å². The number of carbonyl (C=O) groups is 1. The monoisotopic (exact) mass is 232 g/mol. The van der Waals surface area contributed by atoms with Crippen LogP contribution in [-0.4, -0.2) is 43.2 Å². The second-order valence-electron chi connectivity index (χ2n) is 3.99. The number of nitrogens with two attached hydrogens (primary N) is 1. The minimum Gasteiger partial charge on any atom is -0.385 e. The predicted molar refractivity (Wildman–Crippen MR) is 63.0 cm³/mol. The van der Waals surface area contributed by atoms with E-state index < -0.39 is 6.04 Å². The number of nitrogens with one attached hydrogen (secondary N) is 1. The van der Waals surface area contributed by atoms with Gasteiger partial charge < -0.3 is 15.8 Å². The highest BCUT2D eigenvalue weighted by Gasteiger charge is 2.42. The van der Waals surface area contributed by atoms with Crippen molar-refractivity contribution in [2.75, 3.05) is 26.5 Å². The molecule has 0 bridgehead atoms. The average Bonchev–Trinajstić information content (AvgIpc) is 3.03. The Morgan fingerprint density at radius 3 is 2.80 bits per heavy atom. The first-order valence-corrected chi connectivity index (χ1v) is 6.43. The Bertz CT molecular complexity index is 219. The first-order chi connectivity index (χ1) is 7.13. The minimum atomic E-state index is -0.442. The van der Waals surface area contributed by atoms with Gasteiger partial charge in [0.25, 0.3) is 0 Å². The van der Waals surface area contributed by atoms with E-state index in [4.69, 9.17) is 10.5 Å². The standard InChI is InChI=1S/C10H20N2O2S/c1-14-6-3-8(11)9(13)12-7-10(15-2)4-5-10/h8H,3-7,11H2,1-2H3,(H,12,13). The number of thioether (sulfide) groups is 1. The van der Waals surface area contributed by atoms with Crippen LogP contribution in [-0.2, 0) is 9.53 Å².